The minimum atomic E-state index is 0.110. The maximum absolute atomic E-state index is 5.55. The van der Waals surface area contributed by atoms with Crippen LogP contribution in [-0.2, 0) is 0 Å². The van der Waals surface area contributed by atoms with E-state index in [0.29, 0.717) is 0 Å². The van der Waals surface area contributed by atoms with E-state index in [1.807, 2.05) is 12.3 Å². The molecule has 0 saturated carbocycles. The van der Waals surface area contributed by atoms with Gasteiger partial charge in [0.05, 0.1) is 13.2 Å². The van der Waals surface area contributed by atoms with Crippen LogP contribution in [0.5, 0.6) is 5.75 Å². The largest absolute Gasteiger partial charge is 0.496 e. The van der Waals surface area contributed by atoms with Crippen LogP contribution >= 0.6 is 0 Å². The van der Waals surface area contributed by atoms with Crippen molar-refractivity contribution in [1.29, 1.82) is 0 Å². The van der Waals surface area contributed by atoms with Crippen LogP contribution in [0.25, 0.3) is 0 Å². The van der Waals surface area contributed by atoms with Crippen LogP contribution in [0.2, 0.25) is 0 Å². The second kappa shape index (κ2) is 7.06. The lowest BCUT2D eigenvalue weighted by Crippen LogP contribution is -2.23. The zero-order chi connectivity index (χ0) is 14.4. The zero-order valence-electron chi connectivity index (χ0n) is 12.4. The first kappa shape index (κ1) is 14.5. The number of nitrogens with one attached hydrogen (secondary N) is 1. The summed E-state index contributed by atoms with van der Waals surface area (Å²) >= 11 is 0. The lowest BCUT2D eigenvalue weighted by atomic mass is 9.98. The Morgan fingerprint density at radius 3 is 2.80 bits per heavy atom. The Kier molecular flexibility index (Phi) is 5.13. The number of aromatic nitrogens is 1. The van der Waals surface area contributed by atoms with Crippen molar-refractivity contribution >= 4 is 0 Å². The highest BCUT2D eigenvalue weighted by atomic mass is 16.5. The minimum Gasteiger partial charge on any atom is -0.496 e. The molecule has 1 N–H and O–H groups in total. The lowest BCUT2D eigenvalue weighted by Gasteiger charge is -2.21. The van der Waals surface area contributed by atoms with Crippen LogP contribution < -0.4 is 10.1 Å². The predicted octanol–water partition coefficient (Wildman–Crippen LogP) is 3.49. The van der Waals surface area contributed by atoms with E-state index in [1.165, 1.54) is 5.56 Å². The van der Waals surface area contributed by atoms with E-state index in [0.717, 1.165) is 29.8 Å². The summed E-state index contributed by atoms with van der Waals surface area (Å²) in [6.45, 7) is 5.20. The van der Waals surface area contributed by atoms with Crippen molar-refractivity contribution < 1.29 is 4.74 Å². The summed E-state index contributed by atoms with van der Waals surface area (Å²) < 4.78 is 5.55. The highest BCUT2D eigenvalue weighted by molar-refractivity contribution is 5.43. The number of aryl methyl sites for hydroxylation is 1. The molecule has 0 aliphatic heterocycles. The highest BCUT2D eigenvalue weighted by Crippen LogP contribution is 2.30. The molecular formula is C17H22N2O. The molecule has 0 aliphatic carbocycles. The Hall–Kier alpha value is -1.87. The minimum absolute atomic E-state index is 0.110. The van der Waals surface area contributed by atoms with Crippen molar-refractivity contribution in [2.45, 2.75) is 26.3 Å². The molecule has 1 unspecified atom stereocenters. The third kappa shape index (κ3) is 3.36. The van der Waals surface area contributed by atoms with E-state index in [2.05, 4.69) is 48.4 Å². The Morgan fingerprint density at radius 1 is 1.30 bits per heavy atom. The summed E-state index contributed by atoms with van der Waals surface area (Å²) in [6.07, 6.45) is 4.80. The Labute approximate surface area is 121 Å². The monoisotopic (exact) mass is 270 g/mol. The molecule has 3 nitrogen and oxygen atoms in total. The van der Waals surface area contributed by atoms with Crippen LogP contribution in [0, 0.1) is 6.92 Å². The average molecular weight is 270 g/mol. The topological polar surface area (TPSA) is 34.2 Å². The Balaban J connectivity index is 2.41. The van der Waals surface area contributed by atoms with E-state index in [-0.39, 0.29) is 6.04 Å². The first-order valence-electron chi connectivity index (χ1n) is 7.04. The molecule has 0 amide bonds. The maximum Gasteiger partial charge on any atom is 0.124 e. The fraction of sp³-hybridized carbons (Fsp3) is 0.353. The molecule has 1 heterocycles. The molecule has 1 atom stereocenters. The van der Waals surface area contributed by atoms with E-state index >= 15 is 0 Å². The maximum atomic E-state index is 5.55. The van der Waals surface area contributed by atoms with E-state index in [1.54, 1.807) is 13.3 Å². The summed E-state index contributed by atoms with van der Waals surface area (Å²) in [6, 6.07) is 10.5. The van der Waals surface area contributed by atoms with Crippen molar-refractivity contribution in [2.24, 2.45) is 0 Å². The fourth-order valence-electron chi connectivity index (χ4n) is 2.30. The third-order valence-corrected chi connectivity index (χ3v) is 3.32. The third-order valence-electron chi connectivity index (χ3n) is 3.32. The van der Waals surface area contributed by atoms with E-state index in [9.17, 15) is 0 Å². The van der Waals surface area contributed by atoms with Gasteiger partial charge >= 0.3 is 0 Å². The van der Waals surface area contributed by atoms with Crippen molar-refractivity contribution in [3.05, 3.63) is 59.4 Å². The van der Waals surface area contributed by atoms with Gasteiger partial charge in [0.1, 0.15) is 5.75 Å². The van der Waals surface area contributed by atoms with Crippen molar-refractivity contribution in [3.8, 4) is 5.75 Å². The van der Waals surface area contributed by atoms with Crippen LogP contribution in [0.3, 0.4) is 0 Å². The van der Waals surface area contributed by atoms with E-state index < -0.39 is 0 Å². The van der Waals surface area contributed by atoms with Gasteiger partial charge in [-0.1, -0.05) is 25.1 Å². The first-order chi connectivity index (χ1) is 9.76. The van der Waals surface area contributed by atoms with Gasteiger partial charge in [-0.15, -0.1) is 0 Å². The fourth-order valence-corrected chi connectivity index (χ4v) is 2.30. The highest BCUT2D eigenvalue weighted by Gasteiger charge is 2.17. The van der Waals surface area contributed by atoms with Crippen LogP contribution in [0.4, 0.5) is 0 Å². The summed E-state index contributed by atoms with van der Waals surface area (Å²) in [4.78, 5) is 4.23. The molecule has 3 heteroatoms. The van der Waals surface area contributed by atoms with Gasteiger partial charge in [-0.05, 0) is 43.1 Å². The number of benzene rings is 1. The van der Waals surface area contributed by atoms with Gasteiger partial charge in [0.15, 0.2) is 0 Å². The molecule has 20 heavy (non-hydrogen) atoms. The second-order valence-corrected chi connectivity index (χ2v) is 4.92. The van der Waals surface area contributed by atoms with Crippen molar-refractivity contribution in [1.82, 2.24) is 10.3 Å². The van der Waals surface area contributed by atoms with Gasteiger partial charge in [-0.2, -0.15) is 0 Å². The summed E-state index contributed by atoms with van der Waals surface area (Å²) in [7, 11) is 1.72. The molecule has 0 radical (unpaired) electrons. The number of pyridine rings is 1. The molecule has 1 aromatic carbocycles. The van der Waals surface area contributed by atoms with Crippen molar-refractivity contribution in [2.75, 3.05) is 13.7 Å². The van der Waals surface area contributed by atoms with Gasteiger partial charge in [-0.25, -0.2) is 0 Å². The van der Waals surface area contributed by atoms with E-state index in [4.69, 9.17) is 4.74 Å². The van der Waals surface area contributed by atoms with Gasteiger partial charge in [-0.3, -0.25) is 4.98 Å². The van der Waals surface area contributed by atoms with Gasteiger partial charge in [0, 0.05) is 18.0 Å². The van der Waals surface area contributed by atoms with Gasteiger partial charge in [0.25, 0.3) is 0 Å². The summed E-state index contributed by atoms with van der Waals surface area (Å²) in [5.41, 5.74) is 3.51. The molecule has 0 fully saturated rings. The molecule has 0 spiro atoms. The average Bonchev–Trinajstić information content (AvgIpc) is 2.49. The second-order valence-electron chi connectivity index (χ2n) is 4.92. The van der Waals surface area contributed by atoms with Crippen molar-refractivity contribution in [3.63, 3.8) is 0 Å². The smallest absolute Gasteiger partial charge is 0.124 e. The zero-order valence-corrected chi connectivity index (χ0v) is 12.4. The number of ether oxygens (including phenoxy) is 1. The molecule has 1 aromatic heterocycles. The normalized spacial score (nSPS) is 12.2. The van der Waals surface area contributed by atoms with Crippen LogP contribution in [-0.4, -0.2) is 18.6 Å². The first-order valence-corrected chi connectivity index (χ1v) is 7.04. The number of hydrogen-bond acceptors (Lipinski definition) is 3. The SMILES string of the molecule is CCCNC(c1cccnc1)c1ccc(C)cc1OC. The number of nitrogens with zero attached hydrogens (tertiary/aromatic N) is 1. The molecule has 0 aliphatic rings. The number of rotatable bonds is 6. The number of methoxy groups -OCH3 is 1. The lowest BCUT2D eigenvalue weighted by molar-refractivity contribution is 0.403. The molecule has 0 saturated heterocycles. The number of hydrogen-bond donors (Lipinski definition) is 1. The predicted molar refractivity (Wildman–Crippen MR) is 82.1 cm³/mol. The van der Waals surface area contributed by atoms with Gasteiger partial charge in [0.2, 0.25) is 0 Å². The molecule has 0 bridgehead atoms. The van der Waals surface area contributed by atoms with Crippen LogP contribution in [0.1, 0.15) is 36.1 Å². The molecule has 2 rings (SSSR count). The molecule has 106 valence electrons. The summed E-state index contributed by atoms with van der Waals surface area (Å²) in [5, 5.41) is 3.58. The van der Waals surface area contributed by atoms with Gasteiger partial charge < -0.3 is 10.1 Å². The summed E-state index contributed by atoms with van der Waals surface area (Å²) in [5.74, 6) is 0.919. The molecule has 2 aromatic rings. The standard InChI is InChI=1S/C17H22N2O/c1-4-9-19-17(14-6-5-10-18-12-14)15-8-7-13(2)11-16(15)20-3/h5-8,10-12,17,19H,4,9H2,1-3H3. The Morgan fingerprint density at radius 2 is 2.15 bits per heavy atom. The van der Waals surface area contributed by atoms with Crippen LogP contribution in [0.15, 0.2) is 42.7 Å². The molecular weight excluding hydrogens is 248 g/mol. The quantitative estimate of drug-likeness (QED) is 0.872. The Bertz CT molecular complexity index is 540.